The van der Waals surface area contributed by atoms with Crippen LogP contribution >= 0.6 is 11.6 Å². The number of hydrogen-bond donors (Lipinski definition) is 1. The van der Waals surface area contributed by atoms with Crippen LogP contribution in [0.3, 0.4) is 0 Å². The lowest BCUT2D eigenvalue weighted by atomic mass is 10.2. The van der Waals surface area contributed by atoms with Crippen LogP contribution in [0.4, 0.5) is 5.69 Å². The van der Waals surface area contributed by atoms with Gasteiger partial charge in [0.25, 0.3) is 0 Å². The summed E-state index contributed by atoms with van der Waals surface area (Å²) in [5.74, 6) is 0. The molecule has 0 spiro atoms. The monoisotopic (exact) mass is 209 g/mol. The highest BCUT2D eigenvalue weighted by atomic mass is 35.5. The van der Waals surface area contributed by atoms with Gasteiger partial charge in [0, 0.05) is 23.5 Å². The molecule has 0 saturated heterocycles. The van der Waals surface area contributed by atoms with Gasteiger partial charge in [-0.05, 0) is 18.2 Å². The van der Waals surface area contributed by atoms with Gasteiger partial charge in [0.15, 0.2) is 0 Å². The summed E-state index contributed by atoms with van der Waals surface area (Å²) in [5, 5.41) is 4.16. The molecule has 0 radical (unpaired) electrons. The second-order valence-corrected chi connectivity index (χ2v) is 3.32. The van der Waals surface area contributed by atoms with Crippen molar-refractivity contribution in [2.45, 2.75) is 0 Å². The summed E-state index contributed by atoms with van der Waals surface area (Å²) in [5.41, 5.74) is 0.559. The lowest BCUT2D eigenvalue weighted by Gasteiger charge is -2.00. The summed E-state index contributed by atoms with van der Waals surface area (Å²) in [4.78, 5) is 11.3. The van der Waals surface area contributed by atoms with Gasteiger partial charge in [-0.3, -0.25) is 0 Å². The van der Waals surface area contributed by atoms with E-state index < -0.39 is 0 Å². The van der Waals surface area contributed by atoms with E-state index in [0.29, 0.717) is 16.3 Å². The molecule has 1 heterocycles. The molecule has 2 aromatic rings. The summed E-state index contributed by atoms with van der Waals surface area (Å²) in [6.45, 7) is 0. The molecule has 1 aromatic heterocycles. The minimum absolute atomic E-state index is 0.387. The van der Waals surface area contributed by atoms with Crippen molar-refractivity contribution in [3.63, 3.8) is 0 Å². The number of hydrogen-bond acceptors (Lipinski definition) is 3. The van der Waals surface area contributed by atoms with Gasteiger partial charge in [-0.2, -0.15) is 0 Å². The first-order valence-electron chi connectivity index (χ1n) is 4.12. The van der Waals surface area contributed by atoms with E-state index in [1.54, 1.807) is 31.3 Å². The Bertz CT molecular complexity index is 533. The summed E-state index contributed by atoms with van der Waals surface area (Å²) in [6.07, 6.45) is 0. The highest BCUT2D eigenvalue weighted by Gasteiger charge is 2.03. The number of anilines is 1. The first-order chi connectivity index (χ1) is 6.70. The second kappa shape index (κ2) is 3.35. The van der Waals surface area contributed by atoms with E-state index in [4.69, 9.17) is 16.0 Å². The third-order valence-corrected chi connectivity index (χ3v) is 2.20. The van der Waals surface area contributed by atoms with E-state index in [-0.39, 0.29) is 5.63 Å². The van der Waals surface area contributed by atoms with Crippen LogP contribution in [0.25, 0.3) is 11.0 Å². The van der Waals surface area contributed by atoms with E-state index in [2.05, 4.69) is 5.32 Å². The van der Waals surface area contributed by atoms with Crippen LogP contribution in [0.2, 0.25) is 5.02 Å². The van der Waals surface area contributed by atoms with Crippen LogP contribution in [0.1, 0.15) is 0 Å². The normalized spacial score (nSPS) is 10.4. The van der Waals surface area contributed by atoms with Crippen molar-refractivity contribution in [3.8, 4) is 0 Å². The van der Waals surface area contributed by atoms with Crippen LogP contribution in [-0.4, -0.2) is 7.05 Å². The van der Waals surface area contributed by atoms with Crippen molar-refractivity contribution in [2.24, 2.45) is 0 Å². The third-order valence-electron chi connectivity index (χ3n) is 1.97. The molecule has 2 rings (SSSR count). The number of nitrogens with one attached hydrogen (secondary N) is 1. The average Bonchev–Trinajstić information content (AvgIpc) is 2.16. The van der Waals surface area contributed by atoms with E-state index in [9.17, 15) is 4.79 Å². The Kier molecular flexibility index (Phi) is 2.17. The van der Waals surface area contributed by atoms with Crippen LogP contribution in [-0.2, 0) is 0 Å². The second-order valence-electron chi connectivity index (χ2n) is 2.88. The average molecular weight is 210 g/mol. The standard InChI is InChI=1S/C10H8ClNO2/c1-12-8-4-6-2-3-7(11)5-9(6)14-10(8)13/h2-5,12H,1H3. The molecule has 0 fully saturated rings. The number of benzene rings is 1. The van der Waals surface area contributed by atoms with Gasteiger partial charge in [0.05, 0.1) is 0 Å². The maximum absolute atomic E-state index is 11.3. The highest BCUT2D eigenvalue weighted by Crippen LogP contribution is 2.19. The largest absolute Gasteiger partial charge is 0.421 e. The van der Waals surface area contributed by atoms with Gasteiger partial charge in [-0.15, -0.1) is 0 Å². The van der Waals surface area contributed by atoms with Crippen LogP contribution < -0.4 is 10.9 Å². The fourth-order valence-electron chi connectivity index (χ4n) is 1.26. The summed E-state index contributed by atoms with van der Waals surface area (Å²) in [6, 6.07) is 6.92. The molecule has 0 aliphatic heterocycles. The molecule has 3 nitrogen and oxygen atoms in total. The minimum Gasteiger partial charge on any atom is -0.421 e. The molecule has 0 bridgehead atoms. The van der Waals surface area contributed by atoms with E-state index in [0.717, 1.165) is 5.39 Å². The van der Waals surface area contributed by atoms with Gasteiger partial charge in [0.1, 0.15) is 11.3 Å². The van der Waals surface area contributed by atoms with Crippen molar-refractivity contribution < 1.29 is 4.42 Å². The Balaban J connectivity index is 2.79. The molecule has 0 amide bonds. The van der Waals surface area contributed by atoms with Gasteiger partial charge in [-0.1, -0.05) is 11.6 Å². The van der Waals surface area contributed by atoms with Crippen LogP contribution in [0.15, 0.2) is 33.5 Å². The van der Waals surface area contributed by atoms with Gasteiger partial charge >= 0.3 is 5.63 Å². The van der Waals surface area contributed by atoms with Crippen LogP contribution in [0.5, 0.6) is 0 Å². The van der Waals surface area contributed by atoms with E-state index in [1.807, 2.05) is 0 Å². The topological polar surface area (TPSA) is 42.2 Å². The van der Waals surface area contributed by atoms with Crippen molar-refractivity contribution in [1.82, 2.24) is 0 Å². The number of halogens is 1. The maximum atomic E-state index is 11.3. The minimum atomic E-state index is -0.387. The zero-order valence-corrected chi connectivity index (χ0v) is 8.26. The quantitative estimate of drug-likeness (QED) is 0.734. The highest BCUT2D eigenvalue weighted by molar-refractivity contribution is 6.31. The fraction of sp³-hybridized carbons (Fsp3) is 0.100. The predicted octanol–water partition coefficient (Wildman–Crippen LogP) is 2.49. The lowest BCUT2D eigenvalue weighted by molar-refractivity contribution is 0.563. The van der Waals surface area contributed by atoms with Gasteiger partial charge < -0.3 is 9.73 Å². The molecule has 0 saturated carbocycles. The maximum Gasteiger partial charge on any atom is 0.359 e. The molecule has 0 unspecified atom stereocenters. The molecule has 0 aliphatic carbocycles. The first kappa shape index (κ1) is 9.09. The summed E-state index contributed by atoms with van der Waals surface area (Å²) < 4.78 is 5.06. The Hall–Kier alpha value is -1.48. The lowest BCUT2D eigenvalue weighted by Crippen LogP contribution is -2.05. The molecular formula is C10H8ClNO2. The molecule has 1 aromatic carbocycles. The molecule has 72 valence electrons. The smallest absolute Gasteiger partial charge is 0.359 e. The zero-order valence-electron chi connectivity index (χ0n) is 7.50. The van der Waals surface area contributed by atoms with Gasteiger partial charge in [0.2, 0.25) is 0 Å². The van der Waals surface area contributed by atoms with E-state index >= 15 is 0 Å². The Morgan fingerprint density at radius 2 is 2.14 bits per heavy atom. The Morgan fingerprint density at radius 1 is 1.36 bits per heavy atom. The van der Waals surface area contributed by atoms with Crippen molar-refractivity contribution in [3.05, 3.63) is 39.7 Å². The van der Waals surface area contributed by atoms with Crippen molar-refractivity contribution in [2.75, 3.05) is 12.4 Å². The molecule has 0 atom stereocenters. The molecule has 0 aliphatic rings. The Morgan fingerprint density at radius 3 is 2.86 bits per heavy atom. The van der Waals surface area contributed by atoms with Gasteiger partial charge in [-0.25, -0.2) is 4.79 Å². The number of rotatable bonds is 1. The predicted molar refractivity (Wildman–Crippen MR) is 57.0 cm³/mol. The van der Waals surface area contributed by atoms with Crippen LogP contribution in [0, 0.1) is 0 Å². The summed E-state index contributed by atoms with van der Waals surface area (Å²) in [7, 11) is 1.67. The number of fused-ring (bicyclic) bond motifs is 1. The Labute approximate surface area is 85.3 Å². The van der Waals surface area contributed by atoms with Crippen molar-refractivity contribution in [1.29, 1.82) is 0 Å². The molecular weight excluding hydrogens is 202 g/mol. The zero-order chi connectivity index (χ0) is 10.1. The molecule has 4 heteroatoms. The molecule has 1 N–H and O–H groups in total. The third kappa shape index (κ3) is 1.46. The van der Waals surface area contributed by atoms with Crippen molar-refractivity contribution >= 4 is 28.3 Å². The first-order valence-corrected chi connectivity index (χ1v) is 4.49. The summed E-state index contributed by atoms with van der Waals surface area (Å²) >= 11 is 5.77. The fourth-order valence-corrected chi connectivity index (χ4v) is 1.42. The molecule has 14 heavy (non-hydrogen) atoms. The van der Waals surface area contributed by atoms with E-state index in [1.165, 1.54) is 0 Å². The SMILES string of the molecule is CNc1cc2ccc(Cl)cc2oc1=O.